The standard InChI is InChI=1S/C29H27N3O2/c1-20-30-29(34-31-20)27(19-22-12-15-24-8-4-6-10-26(24)18-22)32(2)28(33)16-13-21-11-14-23-7-3-5-9-25(23)17-21/h3-12,14-15,17-18,27H,13,16,19H2,1-2H3/t27-/m1/s1. The molecule has 170 valence electrons. The smallest absolute Gasteiger partial charge is 0.249 e. The van der Waals surface area contributed by atoms with E-state index in [1.165, 1.54) is 21.5 Å². The van der Waals surface area contributed by atoms with Crippen LogP contribution in [0, 0.1) is 6.92 Å². The van der Waals surface area contributed by atoms with Gasteiger partial charge in [-0.25, -0.2) is 0 Å². The Morgan fingerprint density at radius 1 is 0.853 bits per heavy atom. The molecule has 5 rings (SSSR count). The Morgan fingerprint density at radius 2 is 1.44 bits per heavy atom. The normalized spacial score (nSPS) is 12.2. The van der Waals surface area contributed by atoms with E-state index >= 15 is 0 Å². The molecular formula is C29H27N3O2. The van der Waals surface area contributed by atoms with Crippen molar-refractivity contribution in [3.8, 4) is 0 Å². The number of amides is 1. The van der Waals surface area contributed by atoms with Crippen molar-refractivity contribution in [3.05, 3.63) is 108 Å². The molecule has 0 saturated heterocycles. The summed E-state index contributed by atoms with van der Waals surface area (Å²) < 4.78 is 5.51. The number of nitrogens with zero attached hydrogens (tertiary/aromatic N) is 3. The third-order valence-electron chi connectivity index (χ3n) is 6.37. The highest BCUT2D eigenvalue weighted by atomic mass is 16.5. The molecule has 34 heavy (non-hydrogen) atoms. The molecule has 1 amide bonds. The lowest BCUT2D eigenvalue weighted by molar-refractivity contribution is -0.132. The molecule has 1 aromatic heterocycles. The topological polar surface area (TPSA) is 59.2 Å². The SMILES string of the molecule is Cc1noc([C@@H](Cc2ccc3ccccc3c2)N(C)C(=O)CCc2ccc3ccccc3c2)n1. The van der Waals surface area contributed by atoms with Crippen molar-refractivity contribution >= 4 is 27.5 Å². The molecule has 1 atom stereocenters. The first kappa shape index (κ1) is 21.8. The summed E-state index contributed by atoms with van der Waals surface area (Å²) in [6, 6.07) is 29.0. The molecule has 0 spiro atoms. The molecular weight excluding hydrogens is 422 g/mol. The maximum absolute atomic E-state index is 13.2. The second kappa shape index (κ2) is 9.48. The zero-order valence-corrected chi connectivity index (χ0v) is 19.4. The van der Waals surface area contributed by atoms with Crippen molar-refractivity contribution in [2.24, 2.45) is 0 Å². The summed E-state index contributed by atoms with van der Waals surface area (Å²) in [5, 5.41) is 8.73. The van der Waals surface area contributed by atoms with Gasteiger partial charge < -0.3 is 9.42 Å². The largest absolute Gasteiger partial charge is 0.337 e. The zero-order chi connectivity index (χ0) is 23.5. The first-order valence-corrected chi connectivity index (χ1v) is 11.6. The summed E-state index contributed by atoms with van der Waals surface area (Å²) >= 11 is 0. The summed E-state index contributed by atoms with van der Waals surface area (Å²) in [5.74, 6) is 1.08. The minimum absolute atomic E-state index is 0.0507. The van der Waals surface area contributed by atoms with Crippen LogP contribution in [-0.4, -0.2) is 28.0 Å². The molecule has 4 aromatic carbocycles. The highest BCUT2D eigenvalue weighted by molar-refractivity contribution is 5.84. The number of carbonyl (C=O) groups excluding carboxylic acids is 1. The van der Waals surface area contributed by atoms with E-state index in [2.05, 4.69) is 70.8 Å². The quantitative estimate of drug-likeness (QED) is 0.303. The first-order chi connectivity index (χ1) is 16.6. The van der Waals surface area contributed by atoms with E-state index in [-0.39, 0.29) is 11.9 Å². The van der Waals surface area contributed by atoms with Gasteiger partial charge in [0.15, 0.2) is 5.82 Å². The summed E-state index contributed by atoms with van der Waals surface area (Å²) in [6.07, 6.45) is 1.69. The number of likely N-dealkylation sites (N-methyl/N-ethyl adjacent to an activating group) is 1. The number of fused-ring (bicyclic) bond motifs is 2. The van der Waals surface area contributed by atoms with E-state index in [9.17, 15) is 4.79 Å². The Labute approximate surface area is 199 Å². The van der Waals surface area contributed by atoms with E-state index in [1.54, 1.807) is 11.8 Å². The Morgan fingerprint density at radius 3 is 2.06 bits per heavy atom. The molecule has 5 aromatic rings. The summed E-state index contributed by atoms with van der Waals surface area (Å²) in [7, 11) is 1.83. The first-order valence-electron chi connectivity index (χ1n) is 11.6. The van der Waals surface area contributed by atoms with Gasteiger partial charge in [-0.1, -0.05) is 90.1 Å². The lowest BCUT2D eigenvalue weighted by atomic mass is 10.00. The summed E-state index contributed by atoms with van der Waals surface area (Å²) in [6.45, 7) is 1.79. The highest BCUT2D eigenvalue weighted by Crippen LogP contribution is 2.26. The van der Waals surface area contributed by atoms with Gasteiger partial charge in [0.05, 0.1) is 0 Å². The predicted octanol–water partition coefficient (Wildman–Crippen LogP) is 6.06. The highest BCUT2D eigenvalue weighted by Gasteiger charge is 2.27. The van der Waals surface area contributed by atoms with Crippen molar-refractivity contribution in [2.75, 3.05) is 7.05 Å². The third-order valence-corrected chi connectivity index (χ3v) is 6.37. The molecule has 1 heterocycles. The molecule has 0 saturated carbocycles. The molecule has 0 N–H and O–H groups in total. The van der Waals surface area contributed by atoms with Crippen molar-refractivity contribution < 1.29 is 9.32 Å². The number of aromatic nitrogens is 2. The van der Waals surface area contributed by atoms with Crippen LogP contribution in [0.5, 0.6) is 0 Å². The van der Waals surface area contributed by atoms with Crippen molar-refractivity contribution in [1.82, 2.24) is 15.0 Å². The minimum Gasteiger partial charge on any atom is -0.337 e. The maximum atomic E-state index is 13.2. The van der Waals surface area contributed by atoms with Crippen LogP contribution >= 0.6 is 0 Å². The number of rotatable bonds is 7. The summed E-state index contributed by atoms with van der Waals surface area (Å²) in [5.41, 5.74) is 2.27. The Balaban J connectivity index is 1.34. The fourth-order valence-electron chi connectivity index (χ4n) is 4.42. The van der Waals surface area contributed by atoms with Crippen LogP contribution in [0.3, 0.4) is 0 Å². The van der Waals surface area contributed by atoms with Crippen molar-refractivity contribution in [3.63, 3.8) is 0 Å². The molecule has 0 bridgehead atoms. The van der Waals surface area contributed by atoms with Crippen molar-refractivity contribution in [1.29, 1.82) is 0 Å². The average molecular weight is 450 g/mol. The van der Waals surface area contributed by atoms with Crippen LogP contribution < -0.4 is 0 Å². The number of carbonyl (C=O) groups is 1. The van der Waals surface area contributed by atoms with Gasteiger partial charge in [0.1, 0.15) is 6.04 Å². The lowest BCUT2D eigenvalue weighted by Gasteiger charge is -2.26. The average Bonchev–Trinajstić information content (AvgIpc) is 3.31. The number of aryl methyl sites for hydroxylation is 2. The number of hydrogen-bond acceptors (Lipinski definition) is 4. The van der Waals surface area contributed by atoms with Crippen LogP contribution in [0.1, 0.15) is 35.3 Å². The zero-order valence-electron chi connectivity index (χ0n) is 19.4. The van der Waals surface area contributed by atoms with E-state index in [1.807, 2.05) is 31.3 Å². The van der Waals surface area contributed by atoms with Gasteiger partial charge in [0.2, 0.25) is 11.8 Å². The van der Waals surface area contributed by atoms with Crippen LogP contribution in [0.4, 0.5) is 0 Å². The monoisotopic (exact) mass is 449 g/mol. The second-order valence-corrected chi connectivity index (χ2v) is 8.77. The molecule has 0 aliphatic rings. The molecule has 5 heteroatoms. The Hall–Kier alpha value is -3.99. The van der Waals surface area contributed by atoms with Gasteiger partial charge in [-0.2, -0.15) is 4.98 Å². The molecule has 0 aliphatic heterocycles. The maximum Gasteiger partial charge on any atom is 0.249 e. The van der Waals surface area contributed by atoms with Gasteiger partial charge >= 0.3 is 0 Å². The van der Waals surface area contributed by atoms with Crippen LogP contribution in [0.15, 0.2) is 89.5 Å². The third kappa shape index (κ3) is 4.69. The van der Waals surface area contributed by atoms with E-state index in [0.717, 1.165) is 11.1 Å². The van der Waals surface area contributed by atoms with E-state index in [0.29, 0.717) is 31.0 Å². The van der Waals surface area contributed by atoms with E-state index in [4.69, 9.17) is 4.52 Å². The second-order valence-electron chi connectivity index (χ2n) is 8.77. The van der Waals surface area contributed by atoms with E-state index < -0.39 is 0 Å². The number of benzene rings is 4. The molecule has 5 nitrogen and oxygen atoms in total. The van der Waals surface area contributed by atoms with Crippen molar-refractivity contribution in [2.45, 2.75) is 32.2 Å². The molecule has 0 fully saturated rings. The van der Waals surface area contributed by atoms with Crippen LogP contribution in [0.2, 0.25) is 0 Å². The molecule has 0 aliphatic carbocycles. The van der Waals surface area contributed by atoms with Gasteiger partial charge in [0.25, 0.3) is 0 Å². The predicted molar refractivity (Wildman–Crippen MR) is 134 cm³/mol. The van der Waals surface area contributed by atoms with Gasteiger partial charge in [-0.05, 0) is 46.0 Å². The van der Waals surface area contributed by atoms with Gasteiger partial charge in [-0.15, -0.1) is 0 Å². The van der Waals surface area contributed by atoms with Crippen LogP contribution in [0.25, 0.3) is 21.5 Å². The Kier molecular flexibility index (Phi) is 6.09. The van der Waals surface area contributed by atoms with Crippen LogP contribution in [-0.2, 0) is 17.6 Å². The number of hydrogen-bond donors (Lipinski definition) is 0. The Bertz CT molecular complexity index is 1460. The van der Waals surface area contributed by atoms with Gasteiger partial charge in [-0.3, -0.25) is 4.79 Å². The minimum atomic E-state index is -0.327. The molecule has 0 radical (unpaired) electrons. The fourth-order valence-corrected chi connectivity index (χ4v) is 4.42. The summed E-state index contributed by atoms with van der Waals surface area (Å²) in [4.78, 5) is 19.4. The fraction of sp³-hybridized carbons (Fsp3) is 0.207. The lowest BCUT2D eigenvalue weighted by Crippen LogP contribution is -2.33. The van der Waals surface area contributed by atoms with Gasteiger partial charge in [0, 0.05) is 19.9 Å². The molecule has 0 unspecified atom stereocenters.